The third-order valence-corrected chi connectivity index (χ3v) is 2.55. The Morgan fingerprint density at radius 2 is 2.06 bits per heavy atom. The van der Waals surface area contributed by atoms with Gasteiger partial charge in [-0.2, -0.15) is 0 Å². The fourth-order valence-electron chi connectivity index (χ4n) is 1.82. The van der Waals surface area contributed by atoms with Crippen molar-refractivity contribution in [3.63, 3.8) is 0 Å². The molecule has 1 heterocycles. The predicted molar refractivity (Wildman–Crippen MR) is 52.1 cm³/mol. The van der Waals surface area contributed by atoms with Crippen molar-refractivity contribution in [2.24, 2.45) is 0 Å². The number of fused-ring (bicyclic) bond motifs is 1. The largest absolute Gasteiger partial charge is 0.481 e. The molecule has 0 saturated heterocycles. The molecule has 1 unspecified atom stereocenters. The van der Waals surface area contributed by atoms with Gasteiger partial charge < -0.3 is 10.2 Å². The SMILES string of the molecule is O=C(O)C1CN(C(=O)O)c2ccc(F)cc21. The lowest BCUT2D eigenvalue weighted by Crippen LogP contribution is -2.29. The lowest BCUT2D eigenvalue weighted by molar-refractivity contribution is -0.138. The number of nitrogens with zero attached hydrogens (tertiary/aromatic N) is 1. The third-order valence-electron chi connectivity index (χ3n) is 2.55. The Morgan fingerprint density at radius 3 is 2.62 bits per heavy atom. The lowest BCUT2D eigenvalue weighted by Gasteiger charge is -2.11. The van der Waals surface area contributed by atoms with Gasteiger partial charge in [0, 0.05) is 6.54 Å². The monoisotopic (exact) mass is 225 g/mol. The van der Waals surface area contributed by atoms with E-state index in [1.165, 1.54) is 6.07 Å². The van der Waals surface area contributed by atoms with Crippen LogP contribution in [0.4, 0.5) is 14.9 Å². The van der Waals surface area contributed by atoms with Crippen molar-refractivity contribution in [2.45, 2.75) is 5.92 Å². The van der Waals surface area contributed by atoms with E-state index in [1.54, 1.807) is 0 Å². The Bertz CT molecular complexity index is 474. The molecule has 0 aromatic heterocycles. The summed E-state index contributed by atoms with van der Waals surface area (Å²) in [6.07, 6.45) is -1.24. The van der Waals surface area contributed by atoms with Gasteiger partial charge >= 0.3 is 12.1 Å². The summed E-state index contributed by atoms with van der Waals surface area (Å²) in [6, 6.07) is 3.46. The van der Waals surface area contributed by atoms with Gasteiger partial charge in [-0.1, -0.05) is 0 Å². The number of carboxylic acid groups (broad SMARTS) is 2. The zero-order chi connectivity index (χ0) is 11.9. The van der Waals surface area contributed by atoms with E-state index in [2.05, 4.69) is 0 Å². The second-order valence-corrected chi connectivity index (χ2v) is 3.49. The molecule has 0 fully saturated rings. The first kappa shape index (κ1) is 10.4. The van der Waals surface area contributed by atoms with Crippen LogP contribution < -0.4 is 4.90 Å². The molecule has 1 aromatic carbocycles. The second kappa shape index (κ2) is 3.48. The molecule has 0 radical (unpaired) electrons. The van der Waals surface area contributed by atoms with Gasteiger partial charge in [0.25, 0.3) is 0 Å². The first-order valence-electron chi connectivity index (χ1n) is 4.53. The molecule has 6 heteroatoms. The highest BCUT2D eigenvalue weighted by Gasteiger charge is 2.36. The van der Waals surface area contributed by atoms with Gasteiger partial charge in [-0.15, -0.1) is 0 Å². The minimum absolute atomic E-state index is 0.177. The summed E-state index contributed by atoms with van der Waals surface area (Å²) in [5.74, 6) is -2.73. The quantitative estimate of drug-likeness (QED) is 0.759. The van der Waals surface area contributed by atoms with Gasteiger partial charge in [0.1, 0.15) is 11.7 Å². The van der Waals surface area contributed by atoms with Crippen LogP contribution in [0.2, 0.25) is 0 Å². The number of amides is 1. The fraction of sp³-hybridized carbons (Fsp3) is 0.200. The van der Waals surface area contributed by atoms with Crippen LogP contribution in [0.5, 0.6) is 0 Å². The standard InChI is InChI=1S/C10H8FNO4/c11-5-1-2-8-6(3-5)7(9(13)14)4-12(8)10(15)16/h1-3,7H,4H2,(H,13,14)(H,15,16). The van der Waals surface area contributed by atoms with Crippen molar-refractivity contribution < 1.29 is 24.2 Å². The van der Waals surface area contributed by atoms with Crippen molar-refractivity contribution in [1.29, 1.82) is 0 Å². The smallest absolute Gasteiger partial charge is 0.411 e. The van der Waals surface area contributed by atoms with Crippen molar-refractivity contribution in [3.05, 3.63) is 29.6 Å². The fourth-order valence-corrected chi connectivity index (χ4v) is 1.82. The minimum atomic E-state index is -1.24. The van der Waals surface area contributed by atoms with E-state index in [9.17, 15) is 14.0 Å². The van der Waals surface area contributed by atoms with Gasteiger partial charge in [0.15, 0.2) is 0 Å². The third kappa shape index (κ3) is 1.48. The maximum Gasteiger partial charge on any atom is 0.411 e. The van der Waals surface area contributed by atoms with Crippen molar-refractivity contribution in [1.82, 2.24) is 0 Å². The van der Waals surface area contributed by atoms with Crippen molar-refractivity contribution in [3.8, 4) is 0 Å². The number of hydrogen-bond acceptors (Lipinski definition) is 2. The Kier molecular flexibility index (Phi) is 2.26. The summed E-state index contributed by atoms with van der Waals surface area (Å²) in [5.41, 5.74) is 0.441. The normalized spacial score (nSPS) is 18.3. The van der Waals surface area contributed by atoms with E-state index >= 15 is 0 Å². The van der Waals surface area contributed by atoms with Crippen LogP contribution >= 0.6 is 0 Å². The number of carbonyl (C=O) groups is 2. The molecule has 16 heavy (non-hydrogen) atoms. The topological polar surface area (TPSA) is 77.8 Å². The molecular formula is C10H8FNO4. The number of halogens is 1. The Hall–Kier alpha value is -2.11. The highest BCUT2D eigenvalue weighted by molar-refractivity contribution is 5.94. The number of benzene rings is 1. The van der Waals surface area contributed by atoms with Crippen LogP contribution in [0.25, 0.3) is 0 Å². The molecule has 1 aliphatic heterocycles. The van der Waals surface area contributed by atoms with E-state index in [1.807, 2.05) is 0 Å². The van der Waals surface area contributed by atoms with E-state index in [4.69, 9.17) is 10.2 Å². The van der Waals surface area contributed by atoms with E-state index in [0.29, 0.717) is 0 Å². The number of anilines is 1. The number of rotatable bonds is 1. The molecule has 84 valence electrons. The highest BCUT2D eigenvalue weighted by atomic mass is 19.1. The van der Waals surface area contributed by atoms with E-state index in [-0.39, 0.29) is 17.8 Å². The van der Waals surface area contributed by atoms with E-state index < -0.39 is 23.8 Å². The van der Waals surface area contributed by atoms with Crippen molar-refractivity contribution in [2.75, 3.05) is 11.4 Å². The first-order chi connectivity index (χ1) is 7.50. The molecule has 2 N–H and O–H groups in total. The van der Waals surface area contributed by atoms with Gasteiger partial charge in [-0.3, -0.25) is 9.69 Å². The van der Waals surface area contributed by atoms with Crippen LogP contribution in [0.1, 0.15) is 11.5 Å². The average Bonchev–Trinajstić information content (AvgIpc) is 2.56. The molecule has 5 nitrogen and oxygen atoms in total. The van der Waals surface area contributed by atoms with Crippen LogP contribution in [0, 0.1) is 5.82 Å². The zero-order valence-electron chi connectivity index (χ0n) is 8.05. The maximum absolute atomic E-state index is 13.0. The number of aliphatic carboxylic acids is 1. The predicted octanol–water partition coefficient (Wildman–Crippen LogP) is 1.49. The summed E-state index contributed by atoms with van der Waals surface area (Å²) in [7, 11) is 0. The first-order valence-corrected chi connectivity index (χ1v) is 4.53. The van der Waals surface area contributed by atoms with Crippen LogP contribution in [0.3, 0.4) is 0 Å². The average molecular weight is 225 g/mol. The molecule has 1 amide bonds. The molecule has 0 bridgehead atoms. The molecular weight excluding hydrogens is 217 g/mol. The molecule has 1 atom stereocenters. The summed E-state index contributed by atoms with van der Waals surface area (Å²) >= 11 is 0. The molecule has 0 aliphatic carbocycles. The summed E-state index contributed by atoms with van der Waals surface area (Å²) in [5, 5.41) is 17.8. The molecule has 0 saturated carbocycles. The molecule has 1 aromatic rings. The summed E-state index contributed by atoms with van der Waals surface area (Å²) in [4.78, 5) is 22.7. The second-order valence-electron chi connectivity index (χ2n) is 3.49. The van der Waals surface area contributed by atoms with Gasteiger partial charge in [0.05, 0.1) is 5.69 Å². The minimum Gasteiger partial charge on any atom is -0.481 e. The van der Waals surface area contributed by atoms with Crippen LogP contribution in [-0.4, -0.2) is 28.8 Å². The number of hydrogen-bond donors (Lipinski definition) is 2. The number of carboxylic acids is 1. The molecule has 1 aliphatic rings. The molecule has 2 rings (SSSR count). The van der Waals surface area contributed by atoms with Gasteiger partial charge in [0.2, 0.25) is 0 Å². The summed E-state index contributed by atoms with van der Waals surface area (Å²) < 4.78 is 13.0. The van der Waals surface area contributed by atoms with Crippen LogP contribution in [-0.2, 0) is 4.79 Å². The Balaban J connectivity index is 2.52. The maximum atomic E-state index is 13.0. The Labute approximate surface area is 89.7 Å². The summed E-state index contributed by atoms with van der Waals surface area (Å²) in [6.45, 7) is -0.177. The zero-order valence-corrected chi connectivity index (χ0v) is 8.05. The van der Waals surface area contributed by atoms with Crippen molar-refractivity contribution >= 4 is 17.7 Å². The van der Waals surface area contributed by atoms with Crippen LogP contribution in [0.15, 0.2) is 18.2 Å². The van der Waals surface area contributed by atoms with E-state index in [0.717, 1.165) is 17.0 Å². The van der Waals surface area contributed by atoms with Gasteiger partial charge in [-0.25, -0.2) is 9.18 Å². The Morgan fingerprint density at radius 1 is 1.38 bits per heavy atom. The molecule has 0 spiro atoms. The highest BCUT2D eigenvalue weighted by Crippen LogP contribution is 2.36. The lowest BCUT2D eigenvalue weighted by atomic mass is 10.0. The van der Waals surface area contributed by atoms with Gasteiger partial charge in [-0.05, 0) is 23.8 Å².